The molecule has 0 amide bonds. The topological polar surface area (TPSA) is 165 Å². The van der Waals surface area contributed by atoms with E-state index in [1.54, 1.807) is 0 Å². The molecule has 22 heavy (non-hydrogen) atoms. The minimum atomic E-state index is -1.71. The molecule has 10 heteroatoms. The van der Waals surface area contributed by atoms with Crippen molar-refractivity contribution in [2.24, 2.45) is 5.11 Å². The Balaban J connectivity index is 2.29. The van der Waals surface area contributed by atoms with Gasteiger partial charge in [0.2, 0.25) is 0 Å². The lowest BCUT2D eigenvalue weighted by atomic mass is 9.99. The molecule has 1 fully saturated rings. The lowest BCUT2D eigenvalue weighted by molar-refractivity contribution is -0.294. The number of hydrogen-bond donors (Lipinski definition) is 4. The van der Waals surface area contributed by atoms with Gasteiger partial charge in [-0.25, -0.2) is 4.79 Å². The summed E-state index contributed by atoms with van der Waals surface area (Å²) in [4.78, 5) is 13.5. The van der Waals surface area contributed by atoms with Crippen LogP contribution in [0.2, 0.25) is 0 Å². The SMILES string of the molecule is [N-]=[N+]=NCCCCCCO[C@@H]1O[C@H](C(=O)O)[C@@H](O)[C@H](O)[C@H]1O. The minimum absolute atomic E-state index is 0.207. The zero-order valence-corrected chi connectivity index (χ0v) is 12.0. The average molecular weight is 319 g/mol. The number of carboxylic acid groups (broad SMARTS) is 1. The summed E-state index contributed by atoms with van der Waals surface area (Å²) >= 11 is 0. The molecule has 0 aromatic carbocycles. The Morgan fingerprint density at radius 3 is 2.45 bits per heavy atom. The molecule has 1 aliphatic rings. The maximum absolute atomic E-state index is 10.9. The van der Waals surface area contributed by atoms with Crippen LogP contribution < -0.4 is 0 Å². The molecule has 0 spiro atoms. The number of hydrogen-bond acceptors (Lipinski definition) is 7. The quantitative estimate of drug-likeness (QED) is 0.197. The lowest BCUT2D eigenvalue weighted by Crippen LogP contribution is -2.60. The summed E-state index contributed by atoms with van der Waals surface area (Å²) in [6.45, 7) is 0.643. The van der Waals surface area contributed by atoms with E-state index >= 15 is 0 Å². The van der Waals surface area contributed by atoms with Gasteiger partial charge in [0.1, 0.15) is 18.3 Å². The number of unbranched alkanes of at least 4 members (excludes halogenated alkanes) is 3. The van der Waals surface area contributed by atoms with Crippen LogP contribution in [0.5, 0.6) is 0 Å². The highest BCUT2D eigenvalue weighted by atomic mass is 16.7. The largest absolute Gasteiger partial charge is 0.479 e. The van der Waals surface area contributed by atoms with Gasteiger partial charge in [0.05, 0.1) is 0 Å². The van der Waals surface area contributed by atoms with Crippen molar-refractivity contribution in [2.45, 2.75) is 56.4 Å². The van der Waals surface area contributed by atoms with Crippen molar-refractivity contribution >= 4 is 5.97 Å². The van der Waals surface area contributed by atoms with E-state index in [0.717, 1.165) is 19.3 Å². The van der Waals surface area contributed by atoms with E-state index in [2.05, 4.69) is 10.0 Å². The highest BCUT2D eigenvalue weighted by molar-refractivity contribution is 5.73. The Morgan fingerprint density at radius 2 is 1.82 bits per heavy atom. The number of aliphatic hydroxyl groups excluding tert-OH is 3. The van der Waals surface area contributed by atoms with E-state index in [1.165, 1.54) is 0 Å². The summed E-state index contributed by atoms with van der Waals surface area (Å²) in [6.07, 6.45) is -4.78. The predicted octanol–water partition coefficient (Wildman–Crippen LogP) is -0.234. The molecule has 0 unspecified atom stereocenters. The number of azide groups is 1. The number of ether oxygens (including phenoxy) is 2. The molecule has 10 nitrogen and oxygen atoms in total. The zero-order valence-electron chi connectivity index (χ0n) is 12.0. The second kappa shape index (κ2) is 9.57. The maximum Gasteiger partial charge on any atom is 0.335 e. The predicted molar refractivity (Wildman–Crippen MR) is 72.8 cm³/mol. The molecule has 1 rings (SSSR count). The molecular weight excluding hydrogens is 298 g/mol. The van der Waals surface area contributed by atoms with E-state index in [0.29, 0.717) is 13.0 Å². The molecule has 5 atom stereocenters. The van der Waals surface area contributed by atoms with Crippen molar-refractivity contribution < 1.29 is 34.7 Å². The molecule has 0 aromatic rings. The van der Waals surface area contributed by atoms with Crippen LogP contribution in [-0.2, 0) is 14.3 Å². The molecular formula is C12H21N3O7. The lowest BCUT2D eigenvalue weighted by Gasteiger charge is -2.38. The molecule has 126 valence electrons. The van der Waals surface area contributed by atoms with Crippen LogP contribution in [0.25, 0.3) is 10.4 Å². The third kappa shape index (κ3) is 5.41. The Kier molecular flexibility index (Phi) is 8.10. The van der Waals surface area contributed by atoms with E-state index < -0.39 is 36.7 Å². The summed E-state index contributed by atoms with van der Waals surface area (Å²) in [5.74, 6) is -1.44. The molecule has 0 radical (unpaired) electrons. The molecule has 4 N–H and O–H groups in total. The smallest absolute Gasteiger partial charge is 0.335 e. The molecule has 0 aliphatic carbocycles. The Bertz CT molecular complexity index is 402. The Hall–Kier alpha value is -1.42. The van der Waals surface area contributed by atoms with Crippen LogP contribution in [0.3, 0.4) is 0 Å². The summed E-state index contributed by atoms with van der Waals surface area (Å²) in [5, 5.41) is 41.1. The van der Waals surface area contributed by atoms with E-state index in [9.17, 15) is 20.1 Å². The normalized spacial score (nSPS) is 31.5. The van der Waals surface area contributed by atoms with Gasteiger partial charge >= 0.3 is 5.97 Å². The number of rotatable bonds is 9. The van der Waals surface area contributed by atoms with Crippen LogP contribution in [-0.4, -0.2) is 70.3 Å². The number of aliphatic hydroxyl groups is 3. The highest BCUT2D eigenvalue weighted by Gasteiger charge is 2.47. The third-order valence-electron chi connectivity index (χ3n) is 3.31. The van der Waals surface area contributed by atoms with Crippen molar-refractivity contribution in [3.8, 4) is 0 Å². The second-order valence-corrected chi connectivity index (χ2v) is 4.97. The number of carboxylic acids is 1. The van der Waals surface area contributed by atoms with Gasteiger partial charge in [0, 0.05) is 18.1 Å². The van der Waals surface area contributed by atoms with Crippen molar-refractivity contribution in [1.82, 2.24) is 0 Å². The van der Waals surface area contributed by atoms with E-state index in [-0.39, 0.29) is 6.61 Å². The molecule has 0 saturated carbocycles. The Morgan fingerprint density at radius 1 is 1.14 bits per heavy atom. The fourth-order valence-corrected chi connectivity index (χ4v) is 2.07. The van der Waals surface area contributed by atoms with Gasteiger partial charge < -0.3 is 29.9 Å². The van der Waals surface area contributed by atoms with Crippen LogP contribution in [0.4, 0.5) is 0 Å². The fourth-order valence-electron chi connectivity index (χ4n) is 2.07. The van der Waals surface area contributed by atoms with Gasteiger partial charge in [0.15, 0.2) is 12.4 Å². The van der Waals surface area contributed by atoms with Crippen LogP contribution in [0.1, 0.15) is 25.7 Å². The van der Waals surface area contributed by atoms with Crippen molar-refractivity contribution in [3.05, 3.63) is 10.4 Å². The Labute approximate surface area is 126 Å². The standard InChI is InChI=1S/C12H21N3O7/c13-15-14-5-3-1-2-4-6-21-12-9(18)7(16)8(17)10(22-12)11(19)20/h7-10,12,16-18H,1-6H2,(H,19,20)/t7-,8-,9+,10-,12+/m0/s1. The van der Waals surface area contributed by atoms with Gasteiger partial charge in [-0.05, 0) is 18.4 Å². The molecule has 1 saturated heterocycles. The van der Waals surface area contributed by atoms with Crippen molar-refractivity contribution in [2.75, 3.05) is 13.2 Å². The third-order valence-corrected chi connectivity index (χ3v) is 3.31. The molecule has 0 aromatic heterocycles. The summed E-state index contributed by atoms with van der Waals surface area (Å²) in [6, 6.07) is 0. The van der Waals surface area contributed by atoms with Crippen LogP contribution >= 0.6 is 0 Å². The monoisotopic (exact) mass is 319 g/mol. The molecule has 0 bridgehead atoms. The number of carbonyl (C=O) groups is 1. The van der Waals surface area contributed by atoms with Crippen molar-refractivity contribution in [3.63, 3.8) is 0 Å². The molecule has 1 heterocycles. The summed E-state index contributed by atoms with van der Waals surface area (Å²) in [7, 11) is 0. The fraction of sp³-hybridized carbons (Fsp3) is 0.917. The minimum Gasteiger partial charge on any atom is -0.479 e. The molecule has 1 aliphatic heterocycles. The van der Waals surface area contributed by atoms with Gasteiger partial charge in [-0.2, -0.15) is 0 Å². The van der Waals surface area contributed by atoms with Crippen LogP contribution in [0.15, 0.2) is 5.11 Å². The first-order chi connectivity index (χ1) is 10.5. The van der Waals surface area contributed by atoms with Gasteiger partial charge in [0.25, 0.3) is 0 Å². The first-order valence-electron chi connectivity index (χ1n) is 7.04. The van der Waals surface area contributed by atoms with E-state index in [1.807, 2.05) is 0 Å². The number of nitrogens with zero attached hydrogens (tertiary/aromatic N) is 3. The first kappa shape index (κ1) is 18.6. The second-order valence-electron chi connectivity index (χ2n) is 4.97. The maximum atomic E-state index is 10.9. The van der Waals surface area contributed by atoms with Gasteiger partial charge in [-0.15, -0.1) is 0 Å². The van der Waals surface area contributed by atoms with E-state index in [4.69, 9.17) is 20.1 Å². The van der Waals surface area contributed by atoms with Crippen LogP contribution in [0, 0.1) is 0 Å². The van der Waals surface area contributed by atoms with Crippen molar-refractivity contribution in [1.29, 1.82) is 0 Å². The average Bonchev–Trinajstić information content (AvgIpc) is 2.49. The van der Waals surface area contributed by atoms with Gasteiger partial charge in [-0.1, -0.05) is 18.0 Å². The number of aliphatic carboxylic acids is 1. The zero-order chi connectivity index (χ0) is 16.5. The summed E-state index contributed by atoms with van der Waals surface area (Å²) < 4.78 is 10.2. The summed E-state index contributed by atoms with van der Waals surface area (Å²) in [5.41, 5.74) is 8.10. The van der Waals surface area contributed by atoms with Gasteiger partial charge in [-0.3, -0.25) is 0 Å². The first-order valence-corrected chi connectivity index (χ1v) is 7.04. The highest BCUT2D eigenvalue weighted by Crippen LogP contribution is 2.22.